The molecule has 1 aromatic carbocycles. The van der Waals surface area contributed by atoms with Crippen molar-refractivity contribution in [1.82, 2.24) is 4.98 Å². The molecule has 0 saturated carbocycles. The lowest BCUT2D eigenvalue weighted by atomic mass is 10.2. The van der Waals surface area contributed by atoms with Gasteiger partial charge in [0, 0.05) is 29.2 Å². The number of pyridine rings is 1. The van der Waals surface area contributed by atoms with Crippen molar-refractivity contribution >= 4 is 57.0 Å². The second-order valence-corrected chi connectivity index (χ2v) is 8.46. The standard InChI is InChI=1S/C19H16ClN3OS2/c1-12-4-5-13(20)11-14(12)22-18(24)16-6-7-17(26-16)23-9-10-25-19-15(23)3-2-8-21-19/h2-8,11H,9-10H2,1H3,(H,22,24). The minimum Gasteiger partial charge on any atom is -0.330 e. The fourth-order valence-electron chi connectivity index (χ4n) is 2.79. The van der Waals surface area contributed by atoms with E-state index in [-0.39, 0.29) is 5.91 Å². The summed E-state index contributed by atoms with van der Waals surface area (Å²) in [6.45, 7) is 2.85. The van der Waals surface area contributed by atoms with Crippen molar-refractivity contribution in [1.29, 1.82) is 0 Å². The number of carbonyl (C=O) groups excluding carboxylic acids is 1. The molecule has 0 bridgehead atoms. The first-order valence-electron chi connectivity index (χ1n) is 8.14. The Morgan fingerprint density at radius 2 is 2.15 bits per heavy atom. The fourth-order valence-corrected chi connectivity index (χ4v) is 4.83. The van der Waals surface area contributed by atoms with Crippen LogP contribution in [-0.2, 0) is 0 Å². The molecule has 26 heavy (non-hydrogen) atoms. The fraction of sp³-hybridized carbons (Fsp3) is 0.158. The number of halogens is 1. The van der Waals surface area contributed by atoms with Gasteiger partial charge in [0.2, 0.25) is 0 Å². The largest absolute Gasteiger partial charge is 0.330 e. The summed E-state index contributed by atoms with van der Waals surface area (Å²) in [6, 6.07) is 13.4. The molecule has 3 aromatic rings. The maximum absolute atomic E-state index is 12.6. The Balaban J connectivity index is 1.57. The number of fused-ring (bicyclic) bond motifs is 1. The Morgan fingerprint density at radius 1 is 1.27 bits per heavy atom. The molecule has 0 saturated heterocycles. The molecule has 7 heteroatoms. The van der Waals surface area contributed by atoms with Crippen LogP contribution in [0.4, 0.5) is 16.4 Å². The summed E-state index contributed by atoms with van der Waals surface area (Å²) in [5.74, 6) is 0.856. The van der Waals surface area contributed by atoms with Gasteiger partial charge in [0.15, 0.2) is 0 Å². The van der Waals surface area contributed by atoms with Crippen molar-refractivity contribution in [3.63, 3.8) is 0 Å². The Hall–Kier alpha value is -2.02. The van der Waals surface area contributed by atoms with E-state index in [2.05, 4.69) is 21.3 Å². The third kappa shape index (κ3) is 3.45. The van der Waals surface area contributed by atoms with Crippen molar-refractivity contribution < 1.29 is 4.79 Å². The number of aromatic nitrogens is 1. The van der Waals surface area contributed by atoms with Gasteiger partial charge in [-0.2, -0.15) is 0 Å². The third-order valence-corrected chi connectivity index (χ3v) is 6.44. The van der Waals surface area contributed by atoms with Crippen LogP contribution in [-0.4, -0.2) is 23.2 Å². The Bertz CT molecular complexity index is 973. The smallest absolute Gasteiger partial charge is 0.265 e. The highest BCUT2D eigenvalue weighted by atomic mass is 35.5. The summed E-state index contributed by atoms with van der Waals surface area (Å²) in [4.78, 5) is 20.0. The van der Waals surface area contributed by atoms with E-state index in [9.17, 15) is 4.79 Å². The number of rotatable bonds is 3. The molecule has 4 nitrogen and oxygen atoms in total. The van der Waals surface area contributed by atoms with E-state index in [1.807, 2.05) is 43.5 Å². The average Bonchev–Trinajstić information content (AvgIpc) is 3.14. The zero-order chi connectivity index (χ0) is 18.1. The van der Waals surface area contributed by atoms with Crippen LogP contribution >= 0.6 is 34.7 Å². The molecule has 1 aliphatic rings. The molecule has 0 radical (unpaired) electrons. The molecule has 0 spiro atoms. The molecule has 2 aromatic heterocycles. The van der Waals surface area contributed by atoms with Gasteiger partial charge in [0.1, 0.15) is 5.03 Å². The van der Waals surface area contributed by atoms with E-state index in [0.717, 1.165) is 39.3 Å². The van der Waals surface area contributed by atoms with E-state index < -0.39 is 0 Å². The number of carbonyl (C=O) groups is 1. The number of thiophene rings is 1. The van der Waals surface area contributed by atoms with Crippen LogP contribution < -0.4 is 10.2 Å². The van der Waals surface area contributed by atoms with E-state index in [4.69, 9.17) is 11.6 Å². The van der Waals surface area contributed by atoms with Crippen LogP contribution in [0.5, 0.6) is 0 Å². The minimum absolute atomic E-state index is 0.121. The van der Waals surface area contributed by atoms with Crippen LogP contribution in [0.25, 0.3) is 0 Å². The van der Waals surface area contributed by atoms with Gasteiger partial charge in [-0.15, -0.1) is 23.1 Å². The number of amides is 1. The van der Waals surface area contributed by atoms with Crippen molar-refractivity contribution in [3.8, 4) is 0 Å². The maximum Gasteiger partial charge on any atom is 0.265 e. The molecule has 0 aliphatic carbocycles. The monoisotopic (exact) mass is 401 g/mol. The molecule has 132 valence electrons. The number of hydrogen-bond donors (Lipinski definition) is 1. The number of nitrogens with one attached hydrogen (secondary N) is 1. The van der Waals surface area contributed by atoms with Crippen molar-refractivity contribution in [2.45, 2.75) is 11.9 Å². The first-order valence-corrected chi connectivity index (χ1v) is 10.3. The quantitative estimate of drug-likeness (QED) is 0.620. The average molecular weight is 402 g/mol. The first-order chi connectivity index (χ1) is 12.6. The summed E-state index contributed by atoms with van der Waals surface area (Å²) in [5.41, 5.74) is 2.82. The highest BCUT2D eigenvalue weighted by Gasteiger charge is 2.22. The van der Waals surface area contributed by atoms with Crippen molar-refractivity contribution in [3.05, 3.63) is 64.1 Å². The summed E-state index contributed by atoms with van der Waals surface area (Å²) < 4.78 is 0. The predicted octanol–water partition coefficient (Wildman–Crippen LogP) is 5.60. The van der Waals surface area contributed by atoms with E-state index in [0.29, 0.717) is 9.90 Å². The van der Waals surface area contributed by atoms with Gasteiger partial charge < -0.3 is 10.2 Å². The predicted molar refractivity (Wildman–Crippen MR) is 110 cm³/mol. The van der Waals surface area contributed by atoms with Gasteiger partial charge in [0.25, 0.3) is 5.91 Å². The van der Waals surface area contributed by atoms with E-state index >= 15 is 0 Å². The highest BCUT2D eigenvalue weighted by molar-refractivity contribution is 7.99. The first kappa shape index (κ1) is 17.4. The lowest BCUT2D eigenvalue weighted by Gasteiger charge is -2.28. The molecular formula is C19H16ClN3OS2. The molecule has 0 atom stereocenters. The van der Waals surface area contributed by atoms with Gasteiger partial charge in [-0.1, -0.05) is 17.7 Å². The van der Waals surface area contributed by atoms with Crippen LogP contribution in [0.15, 0.2) is 53.7 Å². The van der Waals surface area contributed by atoms with Gasteiger partial charge in [0.05, 0.1) is 15.6 Å². The summed E-state index contributed by atoms with van der Waals surface area (Å²) in [5, 5.41) is 5.64. The second kappa shape index (κ2) is 7.31. The van der Waals surface area contributed by atoms with Crippen molar-refractivity contribution in [2.24, 2.45) is 0 Å². The number of nitrogens with zero attached hydrogens (tertiary/aromatic N) is 2. The topological polar surface area (TPSA) is 45.2 Å². The van der Waals surface area contributed by atoms with Crippen LogP contribution in [0.3, 0.4) is 0 Å². The third-order valence-electron chi connectivity index (χ3n) is 4.12. The molecule has 1 N–H and O–H groups in total. The van der Waals surface area contributed by atoms with Crippen LogP contribution in [0.1, 0.15) is 15.2 Å². The van der Waals surface area contributed by atoms with E-state index in [1.54, 1.807) is 17.8 Å². The van der Waals surface area contributed by atoms with Crippen molar-refractivity contribution in [2.75, 3.05) is 22.5 Å². The molecule has 3 heterocycles. The molecule has 1 amide bonds. The Morgan fingerprint density at radius 3 is 3.04 bits per heavy atom. The zero-order valence-corrected chi connectivity index (χ0v) is 16.4. The Labute approximate surface area is 165 Å². The summed E-state index contributed by atoms with van der Waals surface area (Å²) >= 11 is 9.29. The zero-order valence-electron chi connectivity index (χ0n) is 14.0. The second-order valence-electron chi connectivity index (χ2n) is 5.88. The number of aryl methyl sites for hydroxylation is 1. The summed E-state index contributed by atoms with van der Waals surface area (Å²) in [7, 11) is 0. The normalized spacial score (nSPS) is 13.4. The van der Waals surface area contributed by atoms with Gasteiger partial charge >= 0.3 is 0 Å². The highest BCUT2D eigenvalue weighted by Crippen LogP contribution is 2.40. The summed E-state index contributed by atoms with van der Waals surface area (Å²) in [6.07, 6.45) is 1.82. The number of anilines is 3. The molecule has 1 aliphatic heterocycles. The minimum atomic E-state index is -0.121. The van der Waals surface area contributed by atoms with Gasteiger partial charge in [-0.05, 0) is 48.9 Å². The lowest BCUT2D eigenvalue weighted by Crippen LogP contribution is -2.23. The molecule has 0 fully saturated rings. The number of benzene rings is 1. The van der Waals surface area contributed by atoms with Crippen LogP contribution in [0.2, 0.25) is 5.02 Å². The maximum atomic E-state index is 12.6. The molecule has 4 rings (SSSR count). The molecule has 0 unspecified atom stereocenters. The number of hydrogen-bond acceptors (Lipinski definition) is 5. The van der Waals surface area contributed by atoms with E-state index in [1.165, 1.54) is 11.3 Å². The Kier molecular flexibility index (Phi) is 4.89. The lowest BCUT2D eigenvalue weighted by molar-refractivity contribution is 0.103. The van der Waals surface area contributed by atoms with Gasteiger partial charge in [-0.3, -0.25) is 4.79 Å². The SMILES string of the molecule is Cc1ccc(Cl)cc1NC(=O)c1ccc(N2CCSc3ncccc32)s1. The van der Waals surface area contributed by atoms with Crippen LogP contribution in [0, 0.1) is 6.92 Å². The number of thioether (sulfide) groups is 1. The molecular weight excluding hydrogens is 386 g/mol. The van der Waals surface area contributed by atoms with Gasteiger partial charge in [-0.25, -0.2) is 4.98 Å².